The van der Waals surface area contributed by atoms with Crippen LogP contribution in [0.2, 0.25) is 5.02 Å². The van der Waals surface area contributed by atoms with Crippen molar-refractivity contribution >= 4 is 17.6 Å². The summed E-state index contributed by atoms with van der Waals surface area (Å²) in [5, 5.41) is 13.8. The van der Waals surface area contributed by atoms with Gasteiger partial charge < -0.3 is 29.4 Å². The predicted octanol–water partition coefficient (Wildman–Crippen LogP) is 2.69. The van der Waals surface area contributed by atoms with E-state index < -0.39 is 18.2 Å². The Morgan fingerprint density at radius 3 is 2.82 bits per heavy atom. The lowest BCUT2D eigenvalue weighted by Crippen LogP contribution is -2.37. The van der Waals surface area contributed by atoms with Crippen molar-refractivity contribution < 1.29 is 38.6 Å². The monoisotopic (exact) mass is 495 g/mol. The zero-order valence-electron chi connectivity index (χ0n) is 19.3. The topological polar surface area (TPSA) is 105 Å². The largest absolute Gasteiger partial charge is 0.489 e. The van der Waals surface area contributed by atoms with Gasteiger partial charge in [0.05, 0.1) is 18.7 Å². The summed E-state index contributed by atoms with van der Waals surface area (Å²) in [5.74, 6) is 1.18. The zero-order chi connectivity index (χ0) is 24.3. The van der Waals surface area contributed by atoms with Gasteiger partial charge in [0, 0.05) is 6.54 Å². The summed E-state index contributed by atoms with van der Waals surface area (Å²) in [6, 6.07) is 10.9. The van der Waals surface area contributed by atoms with Gasteiger partial charge in [-0.3, -0.25) is 0 Å². The quantitative estimate of drug-likeness (QED) is 0.188. The Hall–Kier alpha value is -2.56. The molecule has 2 aromatic rings. The Labute approximate surface area is 203 Å². The Morgan fingerprint density at radius 1 is 1.24 bits per heavy atom. The predicted molar refractivity (Wildman–Crippen MR) is 124 cm³/mol. The van der Waals surface area contributed by atoms with E-state index >= 15 is 0 Å². The molecule has 1 aliphatic heterocycles. The second-order valence-corrected chi connectivity index (χ2v) is 7.97. The summed E-state index contributed by atoms with van der Waals surface area (Å²) in [6.07, 6.45) is -0.726. The van der Waals surface area contributed by atoms with Crippen molar-refractivity contribution in [3.8, 4) is 17.2 Å². The number of hydrogen-bond donors (Lipinski definition) is 2. The number of carbonyl (C=O) groups excluding carboxylic acids is 1. The lowest BCUT2D eigenvalue weighted by Gasteiger charge is -2.25. The van der Waals surface area contributed by atoms with E-state index in [0.717, 1.165) is 17.5 Å². The number of rotatable bonds is 13. The average molecular weight is 496 g/mol. The number of benzene rings is 2. The van der Waals surface area contributed by atoms with Gasteiger partial charge in [0.25, 0.3) is 0 Å². The molecule has 2 N–H and O–H groups in total. The van der Waals surface area contributed by atoms with Crippen LogP contribution in [0.15, 0.2) is 36.4 Å². The second-order valence-electron chi connectivity index (χ2n) is 7.56. The first kappa shape index (κ1) is 26.1. The molecule has 34 heavy (non-hydrogen) atoms. The first-order chi connectivity index (χ1) is 16.5. The van der Waals surface area contributed by atoms with Gasteiger partial charge in [-0.25, -0.2) is 14.6 Å². The summed E-state index contributed by atoms with van der Waals surface area (Å²) in [4.78, 5) is 21.3. The van der Waals surface area contributed by atoms with Crippen molar-refractivity contribution in [2.45, 2.75) is 32.2 Å². The molecular formula is C24H30ClNO8. The number of aliphatic hydroxyl groups is 1. The Bertz CT molecular complexity index is 941. The first-order valence-electron chi connectivity index (χ1n) is 11.0. The Morgan fingerprint density at radius 2 is 2.06 bits per heavy atom. The minimum Gasteiger partial charge on any atom is -0.489 e. The maximum atomic E-state index is 11.8. The van der Waals surface area contributed by atoms with Crippen LogP contribution < -0.4 is 19.5 Å². The van der Waals surface area contributed by atoms with Crippen molar-refractivity contribution in [3.63, 3.8) is 0 Å². The molecule has 0 unspecified atom stereocenters. The number of hydrogen-bond acceptors (Lipinski definition) is 9. The SMILES string of the molecule is CCOC(=O)[C@H]1COc2cc(CCNC[C@H](O)COc3ccc(COOC)cc3Cl)ccc2O1. The molecule has 1 heterocycles. The van der Waals surface area contributed by atoms with Crippen LogP contribution in [0.25, 0.3) is 0 Å². The summed E-state index contributed by atoms with van der Waals surface area (Å²) >= 11 is 6.21. The van der Waals surface area contributed by atoms with E-state index in [1.165, 1.54) is 7.11 Å². The molecule has 0 amide bonds. The molecule has 0 spiro atoms. The highest BCUT2D eigenvalue weighted by Crippen LogP contribution is 2.33. The third-order valence-electron chi connectivity index (χ3n) is 4.96. The third-order valence-corrected chi connectivity index (χ3v) is 5.25. The van der Waals surface area contributed by atoms with Gasteiger partial charge >= 0.3 is 5.97 Å². The molecule has 0 saturated carbocycles. The van der Waals surface area contributed by atoms with Crippen LogP contribution in [0.1, 0.15) is 18.1 Å². The Balaban J connectivity index is 1.37. The van der Waals surface area contributed by atoms with Gasteiger partial charge in [0.15, 0.2) is 11.5 Å². The van der Waals surface area contributed by atoms with E-state index in [-0.39, 0.29) is 19.8 Å². The molecule has 0 bridgehead atoms. The number of ether oxygens (including phenoxy) is 4. The molecule has 186 valence electrons. The molecular weight excluding hydrogens is 466 g/mol. The number of fused-ring (bicyclic) bond motifs is 1. The van der Waals surface area contributed by atoms with Crippen molar-refractivity contribution in [1.29, 1.82) is 0 Å². The van der Waals surface area contributed by atoms with Gasteiger partial charge in [-0.15, -0.1) is 0 Å². The van der Waals surface area contributed by atoms with Crippen molar-refractivity contribution in [3.05, 3.63) is 52.5 Å². The number of halogens is 1. The summed E-state index contributed by atoms with van der Waals surface area (Å²) < 4.78 is 21.9. The summed E-state index contributed by atoms with van der Waals surface area (Å²) in [7, 11) is 1.44. The number of nitrogens with one attached hydrogen (secondary N) is 1. The van der Waals surface area contributed by atoms with Gasteiger partial charge in [0.1, 0.15) is 31.7 Å². The fraction of sp³-hybridized carbons (Fsp3) is 0.458. The van der Waals surface area contributed by atoms with Gasteiger partial charge in [0.2, 0.25) is 6.10 Å². The Kier molecular flexibility index (Phi) is 10.2. The van der Waals surface area contributed by atoms with Crippen LogP contribution in [0.3, 0.4) is 0 Å². The maximum Gasteiger partial charge on any atom is 0.350 e. The molecule has 10 heteroatoms. The van der Waals surface area contributed by atoms with Crippen LogP contribution in [0.5, 0.6) is 17.2 Å². The minimum atomic E-state index is -0.749. The van der Waals surface area contributed by atoms with Crippen LogP contribution in [0, 0.1) is 0 Å². The molecule has 1 aliphatic rings. The third kappa shape index (κ3) is 7.75. The molecule has 2 atom stereocenters. The van der Waals surface area contributed by atoms with Crippen LogP contribution >= 0.6 is 11.6 Å². The highest BCUT2D eigenvalue weighted by molar-refractivity contribution is 6.32. The molecule has 3 rings (SSSR count). The lowest BCUT2D eigenvalue weighted by atomic mass is 10.1. The number of aliphatic hydroxyl groups excluding tert-OH is 1. The highest BCUT2D eigenvalue weighted by atomic mass is 35.5. The summed E-state index contributed by atoms with van der Waals surface area (Å²) in [6.45, 7) is 3.56. The van der Waals surface area contributed by atoms with Crippen molar-refractivity contribution in [2.24, 2.45) is 0 Å². The smallest absolute Gasteiger partial charge is 0.350 e. The molecule has 0 fully saturated rings. The molecule has 0 aromatic heterocycles. The van der Waals surface area contributed by atoms with E-state index in [4.69, 9.17) is 35.4 Å². The molecule has 0 radical (unpaired) electrons. The number of esters is 1. The van der Waals surface area contributed by atoms with E-state index in [1.807, 2.05) is 18.2 Å². The van der Waals surface area contributed by atoms with Crippen molar-refractivity contribution in [2.75, 3.05) is 40.0 Å². The second kappa shape index (κ2) is 13.4. The van der Waals surface area contributed by atoms with Crippen LogP contribution in [-0.2, 0) is 32.3 Å². The minimum absolute atomic E-state index is 0.103. The van der Waals surface area contributed by atoms with E-state index in [9.17, 15) is 9.90 Å². The molecule has 2 aromatic carbocycles. The van der Waals surface area contributed by atoms with E-state index in [0.29, 0.717) is 42.0 Å². The van der Waals surface area contributed by atoms with Gasteiger partial charge in [-0.2, -0.15) is 0 Å². The average Bonchev–Trinajstić information content (AvgIpc) is 2.84. The summed E-state index contributed by atoms with van der Waals surface area (Å²) in [5.41, 5.74) is 1.89. The fourth-order valence-electron chi connectivity index (χ4n) is 3.25. The standard InChI is InChI=1S/C24H30ClNO8/c1-3-30-24(28)23-15-32-22-11-16(4-7-21(22)34-23)8-9-26-12-18(27)14-31-20-6-5-17(10-19(20)25)13-33-29-2/h4-7,10-11,18,23,26-27H,3,8-9,12-15H2,1-2H3/t18-,23+/m0/s1. The molecule has 0 aliphatic carbocycles. The van der Waals surface area contributed by atoms with Crippen molar-refractivity contribution in [1.82, 2.24) is 5.32 Å². The van der Waals surface area contributed by atoms with Crippen LogP contribution in [-0.4, -0.2) is 63.3 Å². The normalized spacial score (nSPS) is 15.6. The molecule has 9 nitrogen and oxygen atoms in total. The zero-order valence-corrected chi connectivity index (χ0v) is 20.0. The molecule has 0 saturated heterocycles. The lowest BCUT2D eigenvalue weighted by molar-refractivity contribution is -0.282. The van der Waals surface area contributed by atoms with Gasteiger partial charge in [-0.05, 0) is 55.3 Å². The van der Waals surface area contributed by atoms with E-state index in [2.05, 4.69) is 10.2 Å². The van der Waals surface area contributed by atoms with Crippen LogP contribution in [0.4, 0.5) is 0 Å². The fourth-order valence-corrected chi connectivity index (χ4v) is 3.50. The highest BCUT2D eigenvalue weighted by Gasteiger charge is 2.28. The maximum absolute atomic E-state index is 11.8. The number of carbonyl (C=O) groups is 1. The van der Waals surface area contributed by atoms with E-state index in [1.54, 1.807) is 25.1 Å². The van der Waals surface area contributed by atoms with Gasteiger partial charge in [-0.1, -0.05) is 23.7 Å². The first-order valence-corrected chi connectivity index (χ1v) is 11.4.